The number of hydrogen-bond acceptors (Lipinski definition) is 3. The van der Waals surface area contributed by atoms with E-state index >= 15 is 0 Å². The molecule has 21 heavy (non-hydrogen) atoms. The lowest BCUT2D eigenvalue weighted by Gasteiger charge is -2.20. The van der Waals surface area contributed by atoms with Crippen LogP contribution in [0.15, 0.2) is 42.5 Å². The molecule has 0 saturated heterocycles. The summed E-state index contributed by atoms with van der Waals surface area (Å²) in [6, 6.07) is 13.3. The molecule has 1 amide bonds. The maximum atomic E-state index is 12.7. The van der Waals surface area contributed by atoms with Gasteiger partial charge >= 0.3 is 0 Å². The van der Waals surface area contributed by atoms with Crippen LogP contribution in [0.25, 0.3) is 0 Å². The number of amides is 1. The second-order valence-corrected chi connectivity index (χ2v) is 6.16. The second-order valence-electron chi connectivity index (χ2n) is 4.91. The zero-order valence-corrected chi connectivity index (χ0v) is 13.5. The summed E-state index contributed by atoms with van der Waals surface area (Å²) in [5, 5.41) is 0. The average molecular weight is 394 g/mol. The maximum Gasteiger partial charge on any atom is 0.256 e. The zero-order valence-electron chi connectivity index (χ0n) is 11.4. The van der Waals surface area contributed by atoms with Crippen molar-refractivity contribution >= 4 is 34.2 Å². The van der Waals surface area contributed by atoms with Crippen molar-refractivity contribution in [2.24, 2.45) is 0 Å². The molecule has 2 N–H and O–H groups in total. The molecule has 0 radical (unpaired) electrons. The zero-order chi connectivity index (χ0) is 14.8. The van der Waals surface area contributed by atoms with Crippen LogP contribution in [0, 0.1) is 3.57 Å². The third kappa shape index (κ3) is 2.97. The molecule has 0 atom stereocenters. The van der Waals surface area contributed by atoms with Gasteiger partial charge in [0.2, 0.25) is 0 Å². The Labute approximate surface area is 137 Å². The molecular weight excluding hydrogens is 379 g/mol. The highest BCUT2D eigenvalue weighted by Gasteiger charge is 2.22. The molecule has 0 spiro atoms. The number of para-hydroxylation sites is 1. The fraction of sp³-hybridized carbons (Fsp3) is 0.188. The lowest BCUT2D eigenvalue weighted by atomic mass is 10.1. The number of rotatable bonds is 1. The van der Waals surface area contributed by atoms with Gasteiger partial charge in [0.05, 0.1) is 12.1 Å². The number of halogens is 1. The van der Waals surface area contributed by atoms with Crippen LogP contribution in [0.3, 0.4) is 0 Å². The lowest BCUT2D eigenvalue weighted by Crippen LogP contribution is -2.33. The normalized spacial score (nSPS) is 14.0. The van der Waals surface area contributed by atoms with Crippen molar-refractivity contribution in [1.82, 2.24) is 4.90 Å². The highest BCUT2D eigenvalue weighted by Crippen LogP contribution is 2.25. The molecule has 0 bridgehead atoms. The molecule has 4 nitrogen and oxygen atoms in total. The van der Waals surface area contributed by atoms with Crippen LogP contribution >= 0.6 is 22.6 Å². The minimum atomic E-state index is -0.0517. The van der Waals surface area contributed by atoms with Crippen LogP contribution < -0.4 is 10.5 Å². The Balaban J connectivity index is 1.88. The Morgan fingerprint density at radius 3 is 2.86 bits per heavy atom. The third-order valence-corrected chi connectivity index (χ3v) is 4.15. The molecule has 0 aliphatic carbocycles. The van der Waals surface area contributed by atoms with Gasteiger partial charge in [0.25, 0.3) is 5.91 Å². The van der Waals surface area contributed by atoms with Gasteiger partial charge in [0.15, 0.2) is 0 Å². The van der Waals surface area contributed by atoms with E-state index < -0.39 is 0 Å². The van der Waals surface area contributed by atoms with Crippen LogP contribution in [0.4, 0.5) is 5.69 Å². The lowest BCUT2D eigenvalue weighted by molar-refractivity contribution is 0.0734. The van der Waals surface area contributed by atoms with Crippen molar-refractivity contribution in [3.8, 4) is 5.75 Å². The number of carbonyl (C=O) groups excluding carboxylic acids is 1. The molecule has 1 aliphatic rings. The van der Waals surface area contributed by atoms with E-state index in [0.29, 0.717) is 30.9 Å². The fourth-order valence-electron chi connectivity index (χ4n) is 2.40. The Kier molecular flexibility index (Phi) is 4.01. The molecule has 5 heteroatoms. The first kappa shape index (κ1) is 14.2. The standard InChI is InChI=1S/C16H15IN2O2/c17-12-5-6-13(14(18)9-12)16(20)19-7-8-21-15-4-2-1-3-11(15)10-19/h1-6,9H,7-8,10,18H2. The van der Waals surface area contributed by atoms with Crippen LogP contribution in [0.5, 0.6) is 5.75 Å². The number of benzene rings is 2. The smallest absolute Gasteiger partial charge is 0.256 e. The van der Waals surface area contributed by atoms with E-state index in [1.165, 1.54) is 0 Å². The molecule has 0 unspecified atom stereocenters. The number of fused-ring (bicyclic) bond motifs is 1. The quantitative estimate of drug-likeness (QED) is 0.598. The second kappa shape index (κ2) is 5.93. The number of nitrogens with two attached hydrogens (primary N) is 1. The van der Waals surface area contributed by atoms with Crippen molar-refractivity contribution in [1.29, 1.82) is 0 Å². The van der Waals surface area contributed by atoms with Crippen molar-refractivity contribution in [3.63, 3.8) is 0 Å². The number of anilines is 1. The first-order valence-corrected chi connectivity index (χ1v) is 7.78. The fourth-order valence-corrected chi connectivity index (χ4v) is 2.91. The third-order valence-electron chi connectivity index (χ3n) is 3.48. The minimum Gasteiger partial charge on any atom is -0.491 e. The van der Waals surface area contributed by atoms with E-state index in [1.54, 1.807) is 11.0 Å². The summed E-state index contributed by atoms with van der Waals surface area (Å²) in [6.07, 6.45) is 0. The van der Waals surface area contributed by atoms with Gasteiger partial charge in [-0.3, -0.25) is 4.79 Å². The van der Waals surface area contributed by atoms with E-state index in [9.17, 15) is 4.79 Å². The Morgan fingerprint density at radius 1 is 1.24 bits per heavy atom. The summed E-state index contributed by atoms with van der Waals surface area (Å²) in [5.74, 6) is 0.799. The molecule has 0 saturated carbocycles. The highest BCUT2D eigenvalue weighted by molar-refractivity contribution is 14.1. The van der Waals surface area contributed by atoms with Crippen LogP contribution in [0.1, 0.15) is 15.9 Å². The van der Waals surface area contributed by atoms with Crippen LogP contribution in [0.2, 0.25) is 0 Å². The first-order chi connectivity index (χ1) is 10.1. The number of ether oxygens (including phenoxy) is 1. The van der Waals surface area contributed by atoms with E-state index in [2.05, 4.69) is 22.6 Å². The predicted molar refractivity (Wildman–Crippen MR) is 90.2 cm³/mol. The molecule has 2 aromatic rings. The SMILES string of the molecule is Nc1cc(I)ccc1C(=O)N1CCOc2ccccc2C1. The Morgan fingerprint density at radius 2 is 2.05 bits per heavy atom. The molecule has 0 aromatic heterocycles. The van der Waals surface area contributed by atoms with Gasteiger partial charge in [-0.1, -0.05) is 18.2 Å². The number of nitrogens with zero attached hydrogens (tertiary/aromatic N) is 1. The van der Waals surface area contributed by atoms with E-state index in [0.717, 1.165) is 14.9 Å². The van der Waals surface area contributed by atoms with Gasteiger partial charge in [-0.15, -0.1) is 0 Å². The van der Waals surface area contributed by atoms with Gasteiger partial charge in [0.1, 0.15) is 12.4 Å². The van der Waals surface area contributed by atoms with Crippen LogP contribution in [-0.4, -0.2) is 24.0 Å². The summed E-state index contributed by atoms with van der Waals surface area (Å²) in [7, 11) is 0. The van der Waals surface area contributed by atoms with E-state index in [-0.39, 0.29) is 5.91 Å². The number of hydrogen-bond donors (Lipinski definition) is 1. The minimum absolute atomic E-state index is 0.0517. The molecule has 1 heterocycles. The topological polar surface area (TPSA) is 55.6 Å². The Bertz CT molecular complexity index is 688. The highest BCUT2D eigenvalue weighted by atomic mass is 127. The molecule has 108 valence electrons. The van der Waals surface area contributed by atoms with Gasteiger partial charge < -0.3 is 15.4 Å². The molecule has 0 fully saturated rings. The Hall–Kier alpha value is -1.76. The van der Waals surface area contributed by atoms with Crippen molar-refractivity contribution in [2.45, 2.75) is 6.54 Å². The molecular formula is C16H15IN2O2. The summed E-state index contributed by atoms with van der Waals surface area (Å²) >= 11 is 2.18. The van der Waals surface area contributed by atoms with Gasteiger partial charge in [-0.05, 0) is 46.9 Å². The van der Waals surface area contributed by atoms with Crippen molar-refractivity contribution in [3.05, 3.63) is 57.2 Å². The van der Waals surface area contributed by atoms with Gasteiger partial charge in [-0.25, -0.2) is 0 Å². The summed E-state index contributed by atoms with van der Waals surface area (Å²) < 4.78 is 6.71. The van der Waals surface area contributed by atoms with E-state index in [1.807, 2.05) is 36.4 Å². The monoisotopic (exact) mass is 394 g/mol. The summed E-state index contributed by atoms with van der Waals surface area (Å²) in [6.45, 7) is 1.59. The maximum absolute atomic E-state index is 12.7. The summed E-state index contributed by atoms with van der Waals surface area (Å²) in [5.41, 5.74) is 8.07. The van der Waals surface area contributed by atoms with Gasteiger partial charge in [-0.2, -0.15) is 0 Å². The molecule has 1 aliphatic heterocycles. The van der Waals surface area contributed by atoms with Gasteiger partial charge in [0, 0.05) is 21.4 Å². The van der Waals surface area contributed by atoms with Crippen molar-refractivity contribution < 1.29 is 9.53 Å². The molecule has 2 aromatic carbocycles. The summed E-state index contributed by atoms with van der Waals surface area (Å²) in [4.78, 5) is 14.5. The van der Waals surface area contributed by atoms with E-state index in [4.69, 9.17) is 10.5 Å². The first-order valence-electron chi connectivity index (χ1n) is 6.70. The predicted octanol–water partition coefficient (Wildman–Crippen LogP) is 2.91. The largest absolute Gasteiger partial charge is 0.491 e. The number of carbonyl (C=O) groups is 1. The number of nitrogen functional groups attached to an aromatic ring is 1. The van der Waals surface area contributed by atoms with Crippen LogP contribution in [-0.2, 0) is 6.54 Å². The average Bonchev–Trinajstić information content (AvgIpc) is 2.68. The van der Waals surface area contributed by atoms with Crippen molar-refractivity contribution in [2.75, 3.05) is 18.9 Å². The molecule has 3 rings (SSSR count).